The molecule has 0 aromatic carbocycles. The smallest absolute Gasteiger partial charge is 0.192 e. The van der Waals surface area contributed by atoms with Gasteiger partial charge < -0.3 is 10.2 Å². The van der Waals surface area contributed by atoms with Crippen molar-refractivity contribution in [1.29, 1.82) is 0 Å². The highest BCUT2D eigenvalue weighted by atomic mass is 16.3. The van der Waals surface area contributed by atoms with Gasteiger partial charge in [-0.1, -0.05) is 0 Å². The minimum Gasteiger partial charge on any atom is -0.441 e. The number of fused-ring (bicyclic) bond motifs is 1. The third-order valence-electron chi connectivity index (χ3n) is 1.40. The van der Waals surface area contributed by atoms with Crippen LogP contribution in [0.2, 0.25) is 0 Å². The summed E-state index contributed by atoms with van der Waals surface area (Å²) in [7, 11) is 0. The second kappa shape index (κ2) is 1.95. The van der Waals surface area contributed by atoms with E-state index in [9.17, 15) is 0 Å². The van der Waals surface area contributed by atoms with Gasteiger partial charge in [0, 0.05) is 13.0 Å². The number of nitrogens with zero attached hydrogens (tertiary/aromatic N) is 2. The standard InChI is InChI=1S/C7H7N3O/c1-4-10-5-3-9-7(8)2-6(5)11-4/h2-3H,1H3,(H2,8,9). The monoisotopic (exact) mass is 149 g/mol. The molecule has 0 aliphatic rings. The van der Waals surface area contributed by atoms with Crippen molar-refractivity contribution in [2.24, 2.45) is 0 Å². The highest BCUT2D eigenvalue weighted by Gasteiger charge is 2.01. The van der Waals surface area contributed by atoms with E-state index >= 15 is 0 Å². The third-order valence-corrected chi connectivity index (χ3v) is 1.40. The molecule has 0 saturated heterocycles. The van der Waals surface area contributed by atoms with Crippen LogP contribution in [0.3, 0.4) is 0 Å². The van der Waals surface area contributed by atoms with Gasteiger partial charge in [0.05, 0.1) is 6.20 Å². The molecule has 0 unspecified atom stereocenters. The molecule has 11 heavy (non-hydrogen) atoms. The number of nitrogens with two attached hydrogens (primary N) is 1. The average molecular weight is 149 g/mol. The van der Waals surface area contributed by atoms with Crippen molar-refractivity contribution in [1.82, 2.24) is 9.97 Å². The van der Waals surface area contributed by atoms with Crippen LogP contribution in [0, 0.1) is 6.92 Å². The number of hydrogen-bond donors (Lipinski definition) is 1. The van der Waals surface area contributed by atoms with Gasteiger partial charge in [-0.2, -0.15) is 0 Å². The summed E-state index contributed by atoms with van der Waals surface area (Å²) in [4.78, 5) is 7.95. The maximum atomic E-state index is 5.43. The molecule has 56 valence electrons. The van der Waals surface area contributed by atoms with Crippen LogP contribution in [-0.2, 0) is 0 Å². The van der Waals surface area contributed by atoms with E-state index in [1.54, 1.807) is 19.2 Å². The summed E-state index contributed by atoms with van der Waals surface area (Å²) in [5.74, 6) is 1.08. The Kier molecular flexibility index (Phi) is 1.09. The molecule has 0 bridgehead atoms. The maximum Gasteiger partial charge on any atom is 0.192 e. The van der Waals surface area contributed by atoms with Crippen LogP contribution < -0.4 is 5.73 Å². The minimum absolute atomic E-state index is 0.452. The summed E-state index contributed by atoms with van der Waals surface area (Å²) in [6.07, 6.45) is 1.60. The van der Waals surface area contributed by atoms with Crippen LogP contribution in [0.15, 0.2) is 16.7 Å². The van der Waals surface area contributed by atoms with Gasteiger partial charge in [-0.05, 0) is 0 Å². The van der Waals surface area contributed by atoms with E-state index in [4.69, 9.17) is 10.2 Å². The summed E-state index contributed by atoms with van der Waals surface area (Å²) in [6.45, 7) is 1.79. The number of aryl methyl sites for hydroxylation is 1. The Bertz CT molecular complexity index is 393. The maximum absolute atomic E-state index is 5.43. The molecule has 0 aliphatic carbocycles. The van der Waals surface area contributed by atoms with Crippen molar-refractivity contribution in [2.75, 3.05) is 5.73 Å². The molecule has 2 N–H and O–H groups in total. The highest BCUT2D eigenvalue weighted by molar-refractivity contribution is 5.73. The number of nitrogen functional groups attached to an aromatic ring is 1. The van der Waals surface area contributed by atoms with Crippen molar-refractivity contribution >= 4 is 16.9 Å². The fraction of sp³-hybridized carbons (Fsp3) is 0.143. The number of oxazole rings is 1. The molecule has 2 aromatic heterocycles. The SMILES string of the molecule is Cc1nc2cnc(N)cc2o1. The van der Waals surface area contributed by atoms with Gasteiger partial charge in [-0.3, -0.25) is 0 Å². The first-order valence-electron chi connectivity index (χ1n) is 3.24. The molecule has 4 heteroatoms. The van der Waals surface area contributed by atoms with E-state index in [1.807, 2.05) is 0 Å². The molecule has 0 fully saturated rings. The van der Waals surface area contributed by atoms with Crippen LogP contribution in [0.5, 0.6) is 0 Å². The van der Waals surface area contributed by atoms with Gasteiger partial charge in [-0.15, -0.1) is 0 Å². The lowest BCUT2D eigenvalue weighted by Gasteiger charge is -1.87. The highest BCUT2D eigenvalue weighted by Crippen LogP contribution is 2.14. The van der Waals surface area contributed by atoms with E-state index < -0.39 is 0 Å². The summed E-state index contributed by atoms with van der Waals surface area (Å²) < 4.78 is 5.22. The molecular weight excluding hydrogens is 142 g/mol. The largest absolute Gasteiger partial charge is 0.441 e. The van der Waals surface area contributed by atoms with E-state index in [1.165, 1.54) is 0 Å². The first-order chi connectivity index (χ1) is 5.25. The van der Waals surface area contributed by atoms with Crippen LogP contribution in [0.25, 0.3) is 11.1 Å². The van der Waals surface area contributed by atoms with Crippen LogP contribution in [-0.4, -0.2) is 9.97 Å². The predicted molar refractivity (Wildman–Crippen MR) is 41.0 cm³/mol. The Balaban J connectivity index is 2.82. The summed E-state index contributed by atoms with van der Waals surface area (Å²) in [5.41, 5.74) is 6.87. The topological polar surface area (TPSA) is 64.9 Å². The quantitative estimate of drug-likeness (QED) is 0.609. The molecular formula is C7H7N3O. The predicted octanol–water partition coefficient (Wildman–Crippen LogP) is 1.11. The Hall–Kier alpha value is -1.58. The van der Waals surface area contributed by atoms with Crippen LogP contribution in [0.1, 0.15) is 5.89 Å². The fourth-order valence-electron chi connectivity index (χ4n) is 0.962. The second-order valence-corrected chi connectivity index (χ2v) is 2.31. The molecule has 0 saturated carbocycles. The number of anilines is 1. The van der Waals surface area contributed by atoms with Crippen LogP contribution in [0.4, 0.5) is 5.82 Å². The van der Waals surface area contributed by atoms with Gasteiger partial charge in [-0.25, -0.2) is 9.97 Å². The van der Waals surface area contributed by atoms with Gasteiger partial charge in [0.25, 0.3) is 0 Å². The zero-order valence-electron chi connectivity index (χ0n) is 6.03. The van der Waals surface area contributed by atoms with Crippen LogP contribution >= 0.6 is 0 Å². The Morgan fingerprint density at radius 1 is 1.55 bits per heavy atom. The van der Waals surface area contributed by atoms with Crippen molar-refractivity contribution in [2.45, 2.75) is 6.92 Å². The molecule has 2 rings (SSSR count). The zero-order valence-corrected chi connectivity index (χ0v) is 6.03. The van der Waals surface area contributed by atoms with E-state index in [-0.39, 0.29) is 0 Å². The summed E-state index contributed by atoms with van der Waals surface area (Å²) >= 11 is 0. The van der Waals surface area contributed by atoms with Crippen molar-refractivity contribution < 1.29 is 4.42 Å². The van der Waals surface area contributed by atoms with E-state index in [0.717, 1.165) is 5.52 Å². The number of hydrogen-bond acceptors (Lipinski definition) is 4. The lowest BCUT2D eigenvalue weighted by molar-refractivity contribution is 0.561. The number of aromatic nitrogens is 2. The Labute approximate surface area is 63.1 Å². The van der Waals surface area contributed by atoms with Gasteiger partial charge in [0.2, 0.25) is 0 Å². The van der Waals surface area contributed by atoms with E-state index in [2.05, 4.69) is 9.97 Å². The van der Waals surface area contributed by atoms with Crippen molar-refractivity contribution in [3.8, 4) is 0 Å². The molecule has 2 heterocycles. The molecule has 2 aromatic rings. The first kappa shape index (κ1) is 6.15. The Morgan fingerprint density at radius 3 is 3.18 bits per heavy atom. The minimum atomic E-state index is 0.452. The fourth-order valence-corrected chi connectivity index (χ4v) is 0.962. The first-order valence-corrected chi connectivity index (χ1v) is 3.24. The number of pyridine rings is 1. The molecule has 4 nitrogen and oxygen atoms in total. The van der Waals surface area contributed by atoms with Crippen molar-refractivity contribution in [3.63, 3.8) is 0 Å². The summed E-state index contributed by atoms with van der Waals surface area (Å²) in [5, 5.41) is 0. The molecule has 0 atom stereocenters. The lowest BCUT2D eigenvalue weighted by atomic mass is 10.4. The van der Waals surface area contributed by atoms with Gasteiger partial charge >= 0.3 is 0 Å². The van der Waals surface area contributed by atoms with Gasteiger partial charge in [0.15, 0.2) is 11.5 Å². The Morgan fingerprint density at radius 2 is 2.36 bits per heavy atom. The third kappa shape index (κ3) is 0.920. The second-order valence-electron chi connectivity index (χ2n) is 2.31. The van der Waals surface area contributed by atoms with Gasteiger partial charge in [0.1, 0.15) is 11.3 Å². The molecule has 0 radical (unpaired) electrons. The average Bonchev–Trinajstić information content (AvgIpc) is 2.27. The lowest BCUT2D eigenvalue weighted by Crippen LogP contribution is -1.87. The van der Waals surface area contributed by atoms with E-state index in [0.29, 0.717) is 17.3 Å². The molecule has 0 amide bonds. The van der Waals surface area contributed by atoms with Crippen molar-refractivity contribution in [3.05, 3.63) is 18.2 Å². The number of rotatable bonds is 0. The molecule has 0 spiro atoms. The molecule has 0 aliphatic heterocycles. The summed E-state index contributed by atoms with van der Waals surface area (Å²) in [6, 6.07) is 1.66. The normalized spacial score (nSPS) is 10.6. The zero-order chi connectivity index (χ0) is 7.84.